The highest BCUT2D eigenvalue weighted by Gasteiger charge is 2.11. The lowest BCUT2D eigenvalue weighted by Crippen LogP contribution is -2.16. The largest absolute Gasteiger partial charge is 0.488 e. The van der Waals surface area contributed by atoms with Crippen molar-refractivity contribution in [3.05, 3.63) is 134 Å². The first-order valence-electron chi connectivity index (χ1n) is 12.8. The smallest absolute Gasteiger partial charge is 0.307 e. The van der Waals surface area contributed by atoms with Crippen LogP contribution in [-0.2, 0) is 13.2 Å². The molecular weight excluding hydrogens is 636 g/mol. The predicted octanol–water partition coefficient (Wildman–Crippen LogP) is 7.35. The van der Waals surface area contributed by atoms with Crippen molar-refractivity contribution in [2.75, 3.05) is 0 Å². The molecule has 1 N–H and O–H groups in total. The lowest BCUT2D eigenvalue weighted by molar-refractivity contribution is 0.0923. The van der Waals surface area contributed by atoms with Crippen LogP contribution < -0.4 is 14.9 Å². The Morgan fingerprint density at radius 1 is 0.927 bits per heavy atom. The lowest BCUT2D eigenvalue weighted by Gasteiger charge is -2.10. The van der Waals surface area contributed by atoms with E-state index in [1.165, 1.54) is 29.7 Å². The summed E-state index contributed by atoms with van der Waals surface area (Å²) < 4.78 is 33.4. The van der Waals surface area contributed by atoms with E-state index in [9.17, 15) is 9.18 Å². The first-order chi connectivity index (χ1) is 19.9. The quantitative estimate of drug-likeness (QED) is 0.0964. The Kier molecular flexibility index (Phi) is 8.83. The molecule has 9 heteroatoms. The Hall–Kier alpha value is -4.38. The SMILES string of the molecule is Cc1ccc(C)n1-c1ccc(OCc2ccc(C(=O)N/N=C/c3ccc(OCc4ccc(F)cc4)c(I)c3)o2)cc1. The summed E-state index contributed by atoms with van der Waals surface area (Å²) in [6.07, 6.45) is 1.54. The molecule has 3 aromatic carbocycles. The van der Waals surface area contributed by atoms with Gasteiger partial charge in [0.25, 0.3) is 0 Å². The Morgan fingerprint density at radius 3 is 2.37 bits per heavy atom. The van der Waals surface area contributed by atoms with Crippen molar-refractivity contribution < 1.29 is 23.1 Å². The van der Waals surface area contributed by atoms with Crippen molar-refractivity contribution in [1.29, 1.82) is 0 Å². The molecule has 0 radical (unpaired) electrons. The molecule has 0 saturated heterocycles. The highest BCUT2D eigenvalue weighted by molar-refractivity contribution is 14.1. The minimum absolute atomic E-state index is 0.133. The number of rotatable bonds is 10. The molecule has 41 heavy (non-hydrogen) atoms. The van der Waals surface area contributed by atoms with E-state index in [4.69, 9.17) is 13.9 Å². The van der Waals surface area contributed by atoms with Crippen LogP contribution in [0.5, 0.6) is 11.5 Å². The van der Waals surface area contributed by atoms with Crippen LogP contribution in [0.4, 0.5) is 4.39 Å². The highest BCUT2D eigenvalue weighted by Crippen LogP contribution is 2.23. The molecule has 0 aliphatic carbocycles. The van der Waals surface area contributed by atoms with Gasteiger partial charge in [0.05, 0.1) is 9.78 Å². The van der Waals surface area contributed by atoms with Gasteiger partial charge in [-0.25, -0.2) is 9.82 Å². The summed E-state index contributed by atoms with van der Waals surface area (Å²) in [4.78, 5) is 12.5. The van der Waals surface area contributed by atoms with Crippen LogP contribution in [0.25, 0.3) is 5.69 Å². The van der Waals surface area contributed by atoms with E-state index in [2.05, 4.69) is 63.7 Å². The van der Waals surface area contributed by atoms with Crippen molar-refractivity contribution in [3.63, 3.8) is 0 Å². The standard InChI is InChI=1S/C32H27FIN3O4/c1-21-3-4-22(2)37(21)26-10-12-27(13-11-26)39-20-28-14-16-31(41-28)32(38)36-35-18-24-7-15-30(29(34)17-24)40-19-23-5-8-25(33)9-6-23/h3-18H,19-20H2,1-2H3,(H,36,38)/b35-18+. The number of hydrogen-bond donors (Lipinski definition) is 1. The minimum Gasteiger partial charge on any atom is -0.488 e. The zero-order valence-electron chi connectivity index (χ0n) is 22.4. The molecule has 0 unspecified atom stereocenters. The van der Waals surface area contributed by atoms with E-state index in [-0.39, 0.29) is 18.2 Å². The third kappa shape index (κ3) is 7.23. The minimum atomic E-state index is -0.469. The average Bonchev–Trinajstić information content (AvgIpc) is 3.58. The summed E-state index contributed by atoms with van der Waals surface area (Å²) in [6.45, 7) is 4.66. The molecule has 0 aliphatic heterocycles. The summed E-state index contributed by atoms with van der Waals surface area (Å²) in [5.41, 5.74) is 7.53. The van der Waals surface area contributed by atoms with Gasteiger partial charge in [-0.05, 0) is 126 Å². The second-order valence-electron chi connectivity index (χ2n) is 9.30. The fourth-order valence-electron chi connectivity index (χ4n) is 4.18. The van der Waals surface area contributed by atoms with E-state index in [1.54, 1.807) is 24.3 Å². The number of benzene rings is 3. The fraction of sp³-hybridized carbons (Fsp3) is 0.125. The van der Waals surface area contributed by atoms with Crippen LogP contribution in [0.1, 0.15) is 38.8 Å². The van der Waals surface area contributed by atoms with Crippen LogP contribution in [0.15, 0.2) is 101 Å². The first kappa shape index (κ1) is 28.2. The number of ether oxygens (including phenoxy) is 2. The second kappa shape index (κ2) is 12.9. The van der Waals surface area contributed by atoms with Gasteiger partial charge in [0.15, 0.2) is 5.76 Å². The second-order valence-corrected chi connectivity index (χ2v) is 10.5. The first-order valence-corrected chi connectivity index (χ1v) is 13.9. The Balaban J connectivity index is 1.10. The van der Waals surface area contributed by atoms with Gasteiger partial charge >= 0.3 is 5.91 Å². The van der Waals surface area contributed by atoms with Crippen LogP contribution in [0, 0.1) is 23.2 Å². The van der Waals surface area contributed by atoms with Crippen molar-refractivity contribution in [3.8, 4) is 17.2 Å². The van der Waals surface area contributed by atoms with Gasteiger partial charge < -0.3 is 18.5 Å². The molecule has 208 valence electrons. The van der Waals surface area contributed by atoms with Crippen LogP contribution >= 0.6 is 22.6 Å². The molecule has 5 aromatic rings. The van der Waals surface area contributed by atoms with Crippen LogP contribution in [0.2, 0.25) is 0 Å². The Morgan fingerprint density at radius 2 is 1.66 bits per heavy atom. The normalized spacial score (nSPS) is 11.1. The molecule has 0 atom stereocenters. The molecule has 2 heterocycles. The van der Waals surface area contributed by atoms with Crippen LogP contribution in [-0.4, -0.2) is 16.7 Å². The van der Waals surface area contributed by atoms with Gasteiger partial charge in [0, 0.05) is 17.1 Å². The number of aryl methyl sites for hydroxylation is 2. The molecule has 0 spiro atoms. The summed E-state index contributed by atoms with van der Waals surface area (Å²) in [6, 6.07) is 27.0. The molecule has 1 amide bonds. The number of furan rings is 1. The summed E-state index contributed by atoms with van der Waals surface area (Å²) in [5, 5.41) is 4.04. The van der Waals surface area contributed by atoms with Gasteiger partial charge in [0.2, 0.25) is 0 Å². The van der Waals surface area contributed by atoms with E-state index >= 15 is 0 Å². The molecule has 0 saturated carbocycles. The fourth-order valence-corrected chi connectivity index (χ4v) is 4.87. The highest BCUT2D eigenvalue weighted by atomic mass is 127. The molecule has 0 bridgehead atoms. The van der Waals surface area contributed by atoms with Gasteiger partial charge in [0.1, 0.15) is 36.3 Å². The maximum Gasteiger partial charge on any atom is 0.307 e. The summed E-state index contributed by atoms with van der Waals surface area (Å²) in [7, 11) is 0. The number of carbonyl (C=O) groups is 1. The number of hydrazone groups is 1. The van der Waals surface area contributed by atoms with Gasteiger partial charge in [-0.3, -0.25) is 4.79 Å². The average molecular weight is 663 g/mol. The summed E-state index contributed by atoms with van der Waals surface area (Å²) in [5.74, 6) is 1.30. The lowest BCUT2D eigenvalue weighted by atomic mass is 10.2. The number of hydrogen-bond acceptors (Lipinski definition) is 5. The topological polar surface area (TPSA) is 78.0 Å². The molecular formula is C32H27FIN3O4. The van der Waals surface area contributed by atoms with Gasteiger partial charge in [-0.1, -0.05) is 12.1 Å². The number of halogens is 2. The molecule has 2 aromatic heterocycles. The van der Waals surface area contributed by atoms with Gasteiger partial charge in [-0.15, -0.1) is 0 Å². The molecule has 0 fully saturated rings. The van der Waals surface area contributed by atoms with E-state index in [1.807, 2.05) is 42.5 Å². The number of carbonyl (C=O) groups excluding carboxylic acids is 1. The van der Waals surface area contributed by atoms with Crippen molar-refractivity contribution >= 4 is 34.7 Å². The van der Waals surface area contributed by atoms with Crippen molar-refractivity contribution in [1.82, 2.24) is 9.99 Å². The van der Waals surface area contributed by atoms with Crippen LogP contribution in [0.3, 0.4) is 0 Å². The van der Waals surface area contributed by atoms with E-state index < -0.39 is 5.91 Å². The third-order valence-electron chi connectivity index (χ3n) is 6.28. The predicted molar refractivity (Wildman–Crippen MR) is 163 cm³/mol. The number of nitrogens with zero attached hydrogens (tertiary/aromatic N) is 2. The number of aromatic nitrogens is 1. The summed E-state index contributed by atoms with van der Waals surface area (Å²) >= 11 is 2.17. The zero-order valence-corrected chi connectivity index (χ0v) is 24.6. The number of amides is 1. The molecule has 7 nitrogen and oxygen atoms in total. The Labute approximate surface area is 250 Å². The third-order valence-corrected chi connectivity index (χ3v) is 7.12. The zero-order chi connectivity index (χ0) is 28.8. The molecule has 5 rings (SSSR count). The maximum atomic E-state index is 13.1. The van der Waals surface area contributed by atoms with Crippen molar-refractivity contribution in [2.45, 2.75) is 27.1 Å². The number of nitrogens with one attached hydrogen (secondary N) is 1. The molecule has 0 aliphatic rings. The maximum absolute atomic E-state index is 13.1. The Bertz CT molecular complexity index is 1650. The van der Waals surface area contributed by atoms with E-state index in [0.29, 0.717) is 23.9 Å². The monoisotopic (exact) mass is 663 g/mol. The van der Waals surface area contributed by atoms with Crippen molar-refractivity contribution in [2.24, 2.45) is 5.10 Å². The van der Waals surface area contributed by atoms with E-state index in [0.717, 1.165) is 20.4 Å². The van der Waals surface area contributed by atoms with Gasteiger partial charge in [-0.2, -0.15) is 5.10 Å².